The summed E-state index contributed by atoms with van der Waals surface area (Å²) in [7, 11) is 3.51. The highest BCUT2D eigenvalue weighted by atomic mass is 16.5. The van der Waals surface area contributed by atoms with E-state index in [1.165, 1.54) is 0 Å². The Kier molecular flexibility index (Phi) is 4.84. The van der Waals surface area contributed by atoms with E-state index < -0.39 is 6.10 Å². The van der Waals surface area contributed by atoms with Crippen LogP contribution in [-0.4, -0.2) is 70.0 Å². The second kappa shape index (κ2) is 7.28. The third-order valence-electron chi connectivity index (χ3n) is 5.14. The number of hydrogen-bond acceptors (Lipinski definition) is 6. The molecule has 0 spiro atoms. The van der Waals surface area contributed by atoms with Crippen molar-refractivity contribution in [3.8, 4) is 0 Å². The number of allylic oxidation sites excluding steroid dienone is 2. The molecule has 4 rings (SSSR count). The minimum absolute atomic E-state index is 0.0438. The lowest BCUT2D eigenvalue weighted by Gasteiger charge is -2.28. The molecule has 1 aliphatic carbocycles. The molecule has 2 aliphatic rings. The molecule has 144 valence electrons. The van der Waals surface area contributed by atoms with E-state index in [1.807, 2.05) is 6.07 Å². The molecule has 2 aromatic rings. The zero-order valence-corrected chi connectivity index (χ0v) is 15.7. The number of aliphatic hydroxyl groups excluding tert-OH is 1. The van der Waals surface area contributed by atoms with E-state index in [2.05, 4.69) is 21.5 Å². The Balaban J connectivity index is 1.75. The molecule has 8 nitrogen and oxygen atoms in total. The molecule has 3 heterocycles. The minimum Gasteiger partial charge on any atom is -0.389 e. The third-order valence-corrected chi connectivity index (χ3v) is 5.14. The maximum atomic E-state index is 12.7. The number of aromatic nitrogens is 3. The third kappa shape index (κ3) is 3.42. The fourth-order valence-corrected chi connectivity index (χ4v) is 3.69. The average molecular weight is 371 g/mol. The molecule has 27 heavy (non-hydrogen) atoms. The fourth-order valence-electron chi connectivity index (χ4n) is 3.69. The van der Waals surface area contributed by atoms with Gasteiger partial charge in [0.1, 0.15) is 0 Å². The molecule has 8 heteroatoms. The molecule has 0 aromatic carbocycles. The number of ether oxygens (including phenoxy) is 1. The predicted octanol–water partition coefficient (Wildman–Crippen LogP) is 1.56. The lowest BCUT2D eigenvalue weighted by molar-refractivity contribution is -0.0136. The van der Waals surface area contributed by atoms with Gasteiger partial charge in [0.05, 0.1) is 41.7 Å². The number of nitrogens with zero attached hydrogens (tertiary/aromatic N) is 4. The Labute approximate surface area is 157 Å². The van der Waals surface area contributed by atoms with Crippen molar-refractivity contribution in [2.75, 3.05) is 32.6 Å². The number of fused-ring (bicyclic) bond motifs is 1. The van der Waals surface area contributed by atoms with Crippen LogP contribution >= 0.6 is 0 Å². The van der Waals surface area contributed by atoms with E-state index in [1.54, 1.807) is 29.7 Å². The molecule has 0 unspecified atom stereocenters. The molecule has 1 amide bonds. The van der Waals surface area contributed by atoms with Gasteiger partial charge in [0.25, 0.3) is 5.91 Å². The van der Waals surface area contributed by atoms with Crippen molar-refractivity contribution in [3.63, 3.8) is 0 Å². The van der Waals surface area contributed by atoms with Gasteiger partial charge in [-0.3, -0.25) is 4.79 Å². The monoisotopic (exact) mass is 371 g/mol. The van der Waals surface area contributed by atoms with Crippen LogP contribution in [0.15, 0.2) is 18.3 Å². The van der Waals surface area contributed by atoms with Crippen LogP contribution in [0.4, 0.5) is 5.95 Å². The number of anilines is 1. The summed E-state index contributed by atoms with van der Waals surface area (Å²) in [5.41, 5.74) is 3.42. The van der Waals surface area contributed by atoms with Crippen LogP contribution in [0.3, 0.4) is 0 Å². The highest BCUT2D eigenvalue weighted by Crippen LogP contribution is 2.32. The lowest BCUT2D eigenvalue weighted by atomic mass is 10.1. The first-order chi connectivity index (χ1) is 13.0. The molecule has 2 aromatic heterocycles. The van der Waals surface area contributed by atoms with Crippen LogP contribution in [0.1, 0.15) is 41.7 Å². The van der Waals surface area contributed by atoms with Gasteiger partial charge in [0, 0.05) is 20.7 Å². The summed E-state index contributed by atoms with van der Waals surface area (Å²) < 4.78 is 7.07. The number of rotatable bonds is 4. The first-order valence-electron chi connectivity index (χ1n) is 9.37. The van der Waals surface area contributed by atoms with Crippen molar-refractivity contribution in [2.24, 2.45) is 0 Å². The zero-order chi connectivity index (χ0) is 19.0. The van der Waals surface area contributed by atoms with Gasteiger partial charge in [-0.05, 0) is 37.3 Å². The maximum Gasteiger partial charge on any atom is 0.255 e. The van der Waals surface area contributed by atoms with Gasteiger partial charge >= 0.3 is 0 Å². The maximum absolute atomic E-state index is 12.7. The van der Waals surface area contributed by atoms with E-state index in [0.717, 1.165) is 36.0 Å². The van der Waals surface area contributed by atoms with Gasteiger partial charge in [-0.25, -0.2) is 9.50 Å². The second-order valence-corrected chi connectivity index (χ2v) is 7.33. The summed E-state index contributed by atoms with van der Waals surface area (Å²) in [5.74, 6) is 0.394. The summed E-state index contributed by atoms with van der Waals surface area (Å²) in [4.78, 5) is 18.7. The van der Waals surface area contributed by atoms with Crippen LogP contribution in [0.5, 0.6) is 0 Å². The number of carbonyl (C=O) groups excluding carboxylic acids is 1. The van der Waals surface area contributed by atoms with Crippen molar-refractivity contribution < 1.29 is 14.6 Å². The van der Waals surface area contributed by atoms with Gasteiger partial charge in [-0.1, -0.05) is 6.08 Å². The summed E-state index contributed by atoms with van der Waals surface area (Å²) in [6.45, 7) is 0.906. The summed E-state index contributed by atoms with van der Waals surface area (Å²) >= 11 is 0. The van der Waals surface area contributed by atoms with Gasteiger partial charge in [-0.15, -0.1) is 5.10 Å². The highest BCUT2D eigenvalue weighted by Gasteiger charge is 2.26. The Morgan fingerprint density at radius 3 is 3.00 bits per heavy atom. The van der Waals surface area contributed by atoms with Crippen LogP contribution in [0.2, 0.25) is 0 Å². The van der Waals surface area contributed by atoms with E-state index >= 15 is 0 Å². The number of hydrogen-bond donors (Lipinski definition) is 2. The van der Waals surface area contributed by atoms with Crippen molar-refractivity contribution in [2.45, 2.75) is 37.8 Å². The first kappa shape index (κ1) is 17.9. The molecule has 2 N–H and O–H groups in total. The van der Waals surface area contributed by atoms with Crippen molar-refractivity contribution in [1.82, 2.24) is 19.5 Å². The Bertz CT molecular complexity index is 889. The van der Waals surface area contributed by atoms with Crippen molar-refractivity contribution in [1.29, 1.82) is 0 Å². The van der Waals surface area contributed by atoms with Gasteiger partial charge in [0.15, 0.2) is 0 Å². The molecule has 1 fully saturated rings. The van der Waals surface area contributed by atoms with Crippen molar-refractivity contribution in [3.05, 3.63) is 29.6 Å². The van der Waals surface area contributed by atoms with Crippen LogP contribution < -0.4 is 5.32 Å². The van der Waals surface area contributed by atoms with Crippen LogP contribution in [-0.2, 0) is 4.74 Å². The molecular weight excluding hydrogens is 346 g/mol. The Morgan fingerprint density at radius 1 is 1.44 bits per heavy atom. The molecule has 0 saturated carbocycles. The summed E-state index contributed by atoms with van der Waals surface area (Å²) in [6.07, 6.45) is 7.04. The largest absolute Gasteiger partial charge is 0.389 e. The number of aliphatic hydroxyl groups is 1. The smallest absolute Gasteiger partial charge is 0.255 e. The SMILES string of the molecule is CN(C)C(=O)c1cc2cnc(N[C@@H]3CCOC[C@H]3O)nn2c1C1=CCCC1. The first-order valence-corrected chi connectivity index (χ1v) is 9.37. The molecule has 0 radical (unpaired) electrons. The normalized spacial score (nSPS) is 22.7. The predicted molar refractivity (Wildman–Crippen MR) is 102 cm³/mol. The topological polar surface area (TPSA) is 92.0 Å². The summed E-state index contributed by atoms with van der Waals surface area (Å²) in [6, 6.07) is 1.70. The average Bonchev–Trinajstić information content (AvgIpc) is 3.29. The van der Waals surface area contributed by atoms with Gasteiger partial charge in [-0.2, -0.15) is 0 Å². The number of carbonyl (C=O) groups is 1. The fraction of sp³-hybridized carbons (Fsp3) is 0.526. The van der Waals surface area contributed by atoms with E-state index in [0.29, 0.717) is 31.1 Å². The second-order valence-electron chi connectivity index (χ2n) is 7.33. The summed E-state index contributed by atoms with van der Waals surface area (Å²) in [5, 5.41) is 18.0. The minimum atomic E-state index is -0.592. The molecular formula is C19H25N5O3. The Hall–Kier alpha value is -2.45. The molecule has 2 atom stereocenters. The molecule has 1 aliphatic heterocycles. The van der Waals surface area contributed by atoms with E-state index in [-0.39, 0.29) is 11.9 Å². The van der Waals surface area contributed by atoms with E-state index in [9.17, 15) is 9.90 Å². The van der Waals surface area contributed by atoms with Gasteiger partial charge in [0.2, 0.25) is 5.95 Å². The molecule has 0 bridgehead atoms. The highest BCUT2D eigenvalue weighted by molar-refractivity contribution is 6.00. The Morgan fingerprint density at radius 2 is 2.30 bits per heavy atom. The quantitative estimate of drug-likeness (QED) is 0.847. The molecule has 1 saturated heterocycles. The van der Waals surface area contributed by atoms with Crippen LogP contribution in [0.25, 0.3) is 11.1 Å². The van der Waals surface area contributed by atoms with E-state index in [4.69, 9.17) is 4.74 Å². The van der Waals surface area contributed by atoms with Crippen molar-refractivity contribution >= 4 is 22.9 Å². The van der Waals surface area contributed by atoms with Gasteiger partial charge < -0.3 is 20.1 Å². The standard InChI is InChI=1S/C19H25N5O3/c1-23(2)18(26)14-9-13-10-20-19(21-15-7-8-27-11-16(15)25)22-24(13)17(14)12-5-3-4-6-12/h5,9-10,15-16,25H,3-4,6-8,11H2,1-2H3,(H,21,22)/t15-,16-/m1/s1. The van der Waals surface area contributed by atoms with Crippen LogP contribution in [0, 0.1) is 0 Å². The number of amides is 1. The lowest BCUT2D eigenvalue weighted by Crippen LogP contribution is -2.42. The number of nitrogens with one attached hydrogen (secondary N) is 1. The zero-order valence-electron chi connectivity index (χ0n) is 15.7.